The smallest absolute Gasteiger partial charge is 0.246 e. The van der Waals surface area contributed by atoms with Crippen molar-refractivity contribution >= 4 is 35.5 Å². The van der Waals surface area contributed by atoms with Crippen LogP contribution in [0.2, 0.25) is 0 Å². The summed E-state index contributed by atoms with van der Waals surface area (Å²) in [6.45, 7) is 5.82. The van der Waals surface area contributed by atoms with E-state index in [2.05, 4.69) is 46.2 Å². The molecule has 1 amide bonds. The van der Waals surface area contributed by atoms with E-state index in [9.17, 15) is 4.79 Å². The van der Waals surface area contributed by atoms with Crippen LogP contribution in [0.25, 0.3) is 17.5 Å². The van der Waals surface area contributed by atoms with Crippen molar-refractivity contribution in [1.82, 2.24) is 24.6 Å². The van der Waals surface area contributed by atoms with E-state index in [0.29, 0.717) is 24.5 Å². The fraction of sp³-hybridized carbons (Fsp3) is 0.318. The molecule has 0 saturated carbocycles. The molecule has 156 valence electrons. The van der Waals surface area contributed by atoms with Crippen LogP contribution in [0.1, 0.15) is 17.4 Å². The monoisotopic (exact) mass is 439 g/mol. The van der Waals surface area contributed by atoms with Crippen LogP contribution in [0.5, 0.6) is 0 Å². The number of nitrogens with one attached hydrogen (secondary N) is 1. The van der Waals surface area contributed by atoms with Crippen LogP contribution in [-0.4, -0.2) is 56.7 Å². The number of benzene rings is 1. The molecule has 0 radical (unpaired) electrons. The summed E-state index contributed by atoms with van der Waals surface area (Å²) in [5.41, 5.74) is 2.33. The molecule has 0 unspecified atom stereocenters. The molecular formula is C22H25N5OS2. The van der Waals surface area contributed by atoms with Gasteiger partial charge in [0.25, 0.3) is 0 Å². The first-order valence-corrected chi connectivity index (χ1v) is 11.4. The quantitative estimate of drug-likeness (QED) is 0.465. The number of nitrogens with zero attached hydrogens (tertiary/aromatic N) is 4. The number of H-pyrrole nitrogens is 1. The van der Waals surface area contributed by atoms with E-state index in [0.717, 1.165) is 35.8 Å². The number of thiophene rings is 1. The van der Waals surface area contributed by atoms with Crippen molar-refractivity contribution in [3.8, 4) is 11.4 Å². The van der Waals surface area contributed by atoms with E-state index in [-0.39, 0.29) is 5.91 Å². The fourth-order valence-corrected chi connectivity index (χ4v) is 4.25. The van der Waals surface area contributed by atoms with Gasteiger partial charge < -0.3 is 4.90 Å². The maximum absolute atomic E-state index is 12.4. The molecule has 4 rings (SSSR count). The highest BCUT2D eigenvalue weighted by atomic mass is 32.1. The molecule has 1 N–H and O–H groups in total. The second-order valence-corrected chi connectivity index (χ2v) is 8.61. The molecule has 1 aliphatic heterocycles. The molecule has 3 heterocycles. The average molecular weight is 440 g/mol. The Morgan fingerprint density at radius 1 is 1.20 bits per heavy atom. The van der Waals surface area contributed by atoms with Crippen LogP contribution in [0.3, 0.4) is 0 Å². The summed E-state index contributed by atoms with van der Waals surface area (Å²) in [5, 5.41) is 5.33. The van der Waals surface area contributed by atoms with E-state index in [4.69, 9.17) is 12.2 Å². The summed E-state index contributed by atoms with van der Waals surface area (Å²) in [6.07, 6.45) is 4.57. The topological polar surface area (TPSA) is 57.2 Å². The van der Waals surface area contributed by atoms with Gasteiger partial charge in [-0.15, -0.1) is 11.3 Å². The minimum absolute atomic E-state index is 0.0685. The predicted octanol–water partition coefficient (Wildman–Crippen LogP) is 4.05. The van der Waals surface area contributed by atoms with Gasteiger partial charge in [0.15, 0.2) is 5.82 Å². The third-order valence-electron chi connectivity index (χ3n) is 5.27. The van der Waals surface area contributed by atoms with Crippen molar-refractivity contribution < 1.29 is 4.79 Å². The molecule has 1 aliphatic rings. The van der Waals surface area contributed by atoms with Gasteiger partial charge in [-0.3, -0.25) is 14.8 Å². The summed E-state index contributed by atoms with van der Waals surface area (Å²) in [6, 6.07) is 12.4. The van der Waals surface area contributed by atoms with Gasteiger partial charge in [0.1, 0.15) is 0 Å². The number of hydrogen-bond acceptors (Lipinski definition) is 5. The average Bonchev–Trinajstić information content (AvgIpc) is 3.43. The van der Waals surface area contributed by atoms with Gasteiger partial charge in [-0.1, -0.05) is 37.3 Å². The Morgan fingerprint density at radius 2 is 1.97 bits per heavy atom. The van der Waals surface area contributed by atoms with Crippen molar-refractivity contribution in [2.24, 2.45) is 0 Å². The van der Waals surface area contributed by atoms with Gasteiger partial charge in [0, 0.05) is 42.7 Å². The number of rotatable bonds is 6. The minimum atomic E-state index is 0.0685. The maximum atomic E-state index is 12.4. The van der Waals surface area contributed by atoms with Crippen LogP contribution in [-0.2, 0) is 17.9 Å². The number of amides is 1. The Hall–Kier alpha value is -2.55. The molecule has 0 spiro atoms. The van der Waals surface area contributed by atoms with E-state index in [1.54, 1.807) is 17.4 Å². The standard InChI is InChI=1S/C22H25N5OS2/c1-2-17-5-7-18(8-6-17)21-23-22(29)27(24-21)16-25-11-13-26(14-12-25)20(28)10-9-19-4-3-15-30-19/h3-10,15H,2,11-14,16H2,1H3,(H,23,24,29). The minimum Gasteiger partial charge on any atom is -0.337 e. The van der Waals surface area contributed by atoms with Crippen molar-refractivity contribution in [2.75, 3.05) is 26.2 Å². The Balaban J connectivity index is 1.33. The summed E-state index contributed by atoms with van der Waals surface area (Å²) in [5.74, 6) is 0.856. The zero-order valence-corrected chi connectivity index (χ0v) is 18.6. The second-order valence-electron chi connectivity index (χ2n) is 7.27. The lowest BCUT2D eigenvalue weighted by Crippen LogP contribution is -2.48. The van der Waals surface area contributed by atoms with Crippen molar-refractivity contribution in [3.05, 3.63) is 63.1 Å². The number of aromatic amines is 1. The van der Waals surface area contributed by atoms with Crippen LogP contribution < -0.4 is 0 Å². The molecule has 1 saturated heterocycles. The number of aryl methyl sites for hydroxylation is 1. The SMILES string of the molecule is CCc1ccc(-c2nc(=S)n(CN3CCN(C(=O)C=Cc4cccs4)CC3)[nH]2)cc1. The zero-order valence-electron chi connectivity index (χ0n) is 17.0. The van der Waals surface area contributed by atoms with Gasteiger partial charge >= 0.3 is 0 Å². The molecule has 6 nitrogen and oxygen atoms in total. The summed E-state index contributed by atoms with van der Waals surface area (Å²) >= 11 is 7.08. The lowest BCUT2D eigenvalue weighted by molar-refractivity contribution is -0.127. The third-order valence-corrected chi connectivity index (χ3v) is 6.42. The largest absolute Gasteiger partial charge is 0.337 e. The summed E-state index contributed by atoms with van der Waals surface area (Å²) < 4.78 is 2.44. The molecule has 1 fully saturated rings. The molecule has 0 bridgehead atoms. The van der Waals surface area contributed by atoms with Gasteiger partial charge in [0.2, 0.25) is 10.7 Å². The summed E-state index contributed by atoms with van der Waals surface area (Å²) in [4.78, 5) is 22.2. The van der Waals surface area contributed by atoms with Gasteiger partial charge in [-0.2, -0.15) is 4.98 Å². The molecular weight excluding hydrogens is 414 g/mol. The van der Waals surface area contributed by atoms with Crippen molar-refractivity contribution in [2.45, 2.75) is 20.0 Å². The first-order valence-electron chi connectivity index (χ1n) is 10.1. The number of hydrogen-bond donors (Lipinski definition) is 1. The molecule has 0 aliphatic carbocycles. The van der Waals surface area contributed by atoms with E-state index < -0.39 is 0 Å². The first kappa shape index (κ1) is 20.7. The van der Waals surface area contributed by atoms with Crippen LogP contribution >= 0.6 is 23.6 Å². The number of aromatic nitrogens is 3. The fourth-order valence-electron chi connectivity index (χ4n) is 3.43. The van der Waals surface area contributed by atoms with E-state index >= 15 is 0 Å². The second kappa shape index (κ2) is 9.51. The molecule has 1 aromatic carbocycles. The highest BCUT2D eigenvalue weighted by Crippen LogP contribution is 2.17. The molecule has 30 heavy (non-hydrogen) atoms. The normalized spacial score (nSPS) is 15.2. The number of piperazine rings is 1. The number of carbonyl (C=O) groups excluding carboxylic acids is 1. The van der Waals surface area contributed by atoms with Crippen LogP contribution in [0.4, 0.5) is 0 Å². The Bertz CT molecular complexity index is 1060. The Labute approximate surface area is 185 Å². The highest BCUT2D eigenvalue weighted by Gasteiger charge is 2.20. The zero-order chi connectivity index (χ0) is 20.9. The maximum Gasteiger partial charge on any atom is 0.246 e. The predicted molar refractivity (Wildman–Crippen MR) is 124 cm³/mol. The lowest BCUT2D eigenvalue weighted by atomic mass is 10.1. The third kappa shape index (κ3) is 4.95. The van der Waals surface area contributed by atoms with Crippen molar-refractivity contribution in [1.29, 1.82) is 0 Å². The van der Waals surface area contributed by atoms with E-state index in [1.165, 1.54) is 5.56 Å². The van der Waals surface area contributed by atoms with Crippen molar-refractivity contribution in [3.63, 3.8) is 0 Å². The number of carbonyl (C=O) groups is 1. The van der Waals surface area contributed by atoms with E-state index in [1.807, 2.05) is 33.2 Å². The lowest BCUT2D eigenvalue weighted by Gasteiger charge is -2.34. The Kier molecular flexibility index (Phi) is 6.56. The van der Waals surface area contributed by atoms with Gasteiger partial charge in [-0.05, 0) is 41.7 Å². The highest BCUT2D eigenvalue weighted by molar-refractivity contribution is 7.71. The molecule has 3 aromatic rings. The van der Waals surface area contributed by atoms with Gasteiger partial charge in [0.05, 0.1) is 6.67 Å². The molecule has 2 aromatic heterocycles. The Morgan fingerprint density at radius 3 is 2.63 bits per heavy atom. The first-order chi connectivity index (χ1) is 14.6. The molecule has 8 heteroatoms. The molecule has 0 atom stereocenters. The van der Waals surface area contributed by atoms with Crippen LogP contribution in [0.15, 0.2) is 47.9 Å². The van der Waals surface area contributed by atoms with Crippen LogP contribution in [0, 0.1) is 4.77 Å². The summed E-state index contributed by atoms with van der Waals surface area (Å²) in [7, 11) is 0. The van der Waals surface area contributed by atoms with Gasteiger partial charge in [-0.25, -0.2) is 4.68 Å².